The van der Waals surface area contributed by atoms with E-state index in [9.17, 15) is 9.18 Å². The smallest absolute Gasteiger partial charge is 0.224 e. The lowest BCUT2D eigenvalue weighted by atomic mass is 10.0. The quantitative estimate of drug-likeness (QED) is 0.351. The Morgan fingerprint density at radius 2 is 1.93 bits per heavy atom. The van der Waals surface area contributed by atoms with Gasteiger partial charge < -0.3 is 25.4 Å². The Kier molecular flexibility index (Phi) is 7.48. The molecule has 0 radical (unpaired) electrons. The van der Waals surface area contributed by atoms with E-state index in [1.807, 2.05) is 25.1 Å². The first-order valence-electron chi connectivity index (χ1n) is 9.96. The third kappa shape index (κ3) is 6.37. The molecule has 0 saturated carbocycles. The second-order valence-corrected chi connectivity index (χ2v) is 6.98. The van der Waals surface area contributed by atoms with Crippen LogP contribution in [0.5, 0.6) is 11.5 Å². The number of aryl methyl sites for hydroxylation is 1. The Labute approximate surface area is 175 Å². The van der Waals surface area contributed by atoms with Gasteiger partial charge in [0.2, 0.25) is 5.91 Å². The normalized spacial score (nSPS) is 14.4. The Morgan fingerprint density at radius 3 is 2.70 bits per heavy atom. The molecule has 1 aliphatic rings. The SMILES string of the molecule is CN=C(NCCOc1ccc2c(c1)CCC(=O)N2)NCC(C)Oc1ccc(F)cc1. The first-order valence-corrected chi connectivity index (χ1v) is 9.96. The number of carbonyl (C=O) groups is 1. The number of nitrogens with one attached hydrogen (secondary N) is 3. The molecule has 1 amide bonds. The first-order chi connectivity index (χ1) is 14.5. The monoisotopic (exact) mass is 414 g/mol. The summed E-state index contributed by atoms with van der Waals surface area (Å²) in [5.74, 6) is 1.79. The van der Waals surface area contributed by atoms with E-state index in [1.165, 1.54) is 12.1 Å². The molecule has 0 fully saturated rings. The van der Waals surface area contributed by atoms with Crippen molar-refractivity contribution in [1.82, 2.24) is 10.6 Å². The first kappa shape index (κ1) is 21.4. The van der Waals surface area contributed by atoms with Gasteiger partial charge in [0.05, 0.1) is 13.1 Å². The van der Waals surface area contributed by atoms with Crippen LogP contribution in [0.1, 0.15) is 18.9 Å². The van der Waals surface area contributed by atoms with E-state index < -0.39 is 0 Å². The van der Waals surface area contributed by atoms with Crippen LogP contribution in [0.25, 0.3) is 0 Å². The molecular formula is C22H27FN4O3. The lowest BCUT2D eigenvalue weighted by molar-refractivity contribution is -0.116. The van der Waals surface area contributed by atoms with Gasteiger partial charge in [-0.3, -0.25) is 9.79 Å². The number of nitrogens with zero attached hydrogens (tertiary/aromatic N) is 1. The number of hydrogen-bond donors (Lipinski definition) is 3. The van der Waals surface area contributed by atoms with Crippen molar-refractivity contribution >= 4 is 17.6 Å². The molecule has 1 aliphatic heterocycles. The van der Waals surface area contributed by atoms with Gasteiger partial charge in [0.25, 0.3) is 0 Å². The van der Waals surface area contributed by atoms with Crippen LogP contribution in [-0.2, 0) is 11.2 Å². The third-order valence-electron chi connectivity index (χ3n) is 4.57. The maximum absolute atomic E-state index is 13.0. The van der Waals surface area contributed by atoms with E-state index in [0.717, 1.165) is 23.4 Å². The van der Waals surface area contributed by atoms with Crippen molar-refractivity contribution in [3.63, 3.8) is 0 Å². The highest BCUT2D eigenvalue weighted by Crippen LogP contribution is 2.26. The molecule has 0 bridgehead atoms. The molecule has 3 rings (SSSR count). The van der Waals surface area contributed by atoms with Crippen LogP contribution in [0, 0.1) is 5.82 Å². The summed E-state index contributed by atoms with van der Waals surface area (Å²) in [6.07, 6.45) is 1.11. The minimum Gasteiger partial charge on any atom is -0.492 e. The highest BCUT2D eigenvalue weighted by molar-refractivity contribution is 5.94. The van der Waals surface area contributed by atoms with Crippen LogP contribution in [0.4, 0.5) is 10.1 Å². The lowest BCUT2D eigenvalue weighted by Crippen LogP contribution is -2.43. The second kappa shape index (κ2) is 10.5. The van der Waals surface area contributed by atoms with Crippen molar-refractivity contribution in [2.45, 2.75) is 25.9 Å². The minimum atomic E-state index is -0.290. The molecule has 0 aromatic heterocycles. The van der Waals surface area contributed by atoms with E-state index in [0.29, 0.717) is 37.8 Å². The van der Waals surface area contributed by atoms with Gasteiger partial charge in [-0.15, -0.1) is 0 Å². The fourth-order valence-corrected chi connectivity index (χ4v) is 3.04. The number of fused-ring (bicyclic) bond motifs is 1. The maximum atomic E-state index is 13.0. The van der Waals surface area contributed by atoms with Crippen LogP contribution >= 0.6 is 0 Å². The fourth-order valence-electron chi connectivity index (χ4n) is 3.04. The number of anilines is 1. The average Bonchev–Trinajstić information content (AvgIpc) is 2.75. The summed E-state index contributed by atoms with van der Waals surface area (Å²) in [4.78, 5) is 15.6. The largest absolute Gasteiger partial charge is 0.492 e. The Morgan fingerprint density at radius 1 is 1.17 bits per heavy atom. The van der Waals surface area contributed by atoms with E-state index in [2.05, 4.69) is 20.9 Å². The van der Waals surface area contributed by atoms with Crippen LogP contribution in [0.2, 0.25) is 0 Å². The Bertz CT molecular complexity index is 886. The van der Waals surface area contributed by atoms with E-state index in [-0.39, 0.29) is 17.8 Å². The maximum Gasteiger partial charge on any atom is 0.224 e. The van der Waals surface area contributed by atoms with Crippen LogP contribution in [0.3, 0.4) is 0 Å². The number of carbonyl (C=O) groups excluding carboxylic acids is 1. The van der Waals surface area contributed by atoms with Crippen molar-refractivity contribution in [3.05, 3.63) is 53.8 Å². The number of hydrogen-bond acceptors (Lipinski definition) is 4. The lowest BCUT2D eigenvalue weighted by Gasteiger charge is -2.19. The van der Waals surface area contributed by atoms with Crippen LogP contribution < -0.4 is 25.4 Å². The molecule has 0 aliphatic carbocycles. The number of ether oxygens (including phenoxy) is 2. The van der Waals surface area contributed by atoms with Crippen molar-refractivity contribution in [3.8, 4) is 11.5 Å². The summed E-state index contributed by atoms with van der Waals surface area (Å²) < 4.78 is 24.5. The Balaban J connectivity index is 1.36. The van der Waals surface area contributed by atoms with Crippen molar-refractivity contribution < 1.29 is 18.7 Å². The van der Waals surface area contributed by atoms with E-state index in [1.54, 1.807) is 19.2 Å². The van der Waals surface area contributed by atoms with Gasteiger partial charge in [0, 0.05) is 19.2 Å². The van der Waals surface area contributed by atoms with E-state index in [4.69, 9.17) is 9.47 Å². The van der Waals surface area contributed by atoms with Crippen LogP contribution in [-0.4, -0.2) is 44.7 Å². The molecule has 0 saturated heterocycles. The summed E-state index contributed by atoms with van der Waals surface area (Å²) in [6.45, 7) is 3.49. The summed E-state index contributed by atoms with van der Waals surface area (Å²) in [5, 5.41) is 9.23. The van der Waals surface area contributed by atoms with Crippen LogP contribution in [0.15, 0.2) is 47.5 Å². The number of aliphatic imine (C=N–C) groups is 1. The number of halogens is 1. The van der Waals surface area contributed by atoms with Gasteiger partial charge in [-0.1, -0.05) is 0 Å². The van der Waals surface area contributed by atoms with Crippen molar-refractivity contribution in [2.24, 2.45) is 4.99 Å². The van der Waals surface area contributed by atoms with E-state index >= 15 is 0 Å². The topological polar surface area (TPSA) is 84.0 Å². The molecule has 1 atom stereocenters. The molecule has 3 N–H and O–H groups in total. The highest BCUT2D eigenvalue weighted by Gasteiger charge is 2.15. The molecule has 160 valence electrons. The predicted octanol–water partition coefficient (Wildman–Crippen LogP) is 2.72. The summed E-state index contributed by atoms with van der Waals surface area (Å²) in [7, 11) is 1.69. The van der Waals surface area contributed by atoms with Gasteiger partial charge in [-0.2, -0.15) is 0 Å². The zero-order chi connectivity index (χ0) is 21.3. The predicted molar refractivity (Wildman–Crippen MR) is 115 cm³/mol. The average molecular weight is 414 g/mol. The molecule has 1 heterocycles. The van der Waals surface area contributed by atoms with Crippen molar-refractivity contribution in [2.75, 3.05) is 32.1 Å². The van der Waals surface area contributed by atoms with Gasteiger partial charge in [-0.25, -0.2) is 4.39 Å². The number of amides is 1. The molecule has 8 heteroatoms. The number of guanidine groups is 1. The summed E-state index contributed by atoms with van der Waals surface area (Å²) >= 11 is 0. The molecule has 1 unspecified atom stereocenters. The van der Waals surface area contributed by atoms with Gasteiger partial charge in [-0.05, 0) is 61.4 Å². The Hall–Kier alpha value is -3.29. The number of rotatable bonds is 8. The third-order valence-corrected chi connectivity index (χ3v) is 4.57. The molecule has 7 nitrogen and oxygen atoms in total. The molecule has 0 spiro atoms. The minimum absolute atomic E-state index is 0.0524. The molecule has 30 heavy (non-hydrogen) atoms. The summed E-state index contributed by atoms with van der Waals surface area (Å²) in [5.41, 5.74) is 1.95. The zero-order valence-corrected chi connectivity index (χ0v) is 17.2. The van der Waals surface area contributed by atoms with Gasteiger partial charge in [0.15, 0.2) is 5.96 Å². The molecule has 2 aromatic rings. The van der Waals surface area contributed by atoms with Gasteiger partial charge >= 0.3 is 0 Å². The second-order valence-electron chi connectivity index (χ2n) is 6.98. The fraction of sp³-hybridized carbons (Fsp3) is 0.364. The molecule has 2 aromatic carbocycles. The highest BCUT2D eigenvalue weighted by atomic mass is 19.1. The summed E-state index contributed by atoms with van der Waals surface area (Å²) in [6, 6.07) is 11.6. The number of benzene rings is 2. The standard InChI is InChI=1S/C22H27FN4O3/c1-15(30-18-6-4-17(23)5-7-18)14-26-22(24-2)25-11-12-29-19-8-9-20-16(13-19)3-10-21(28)27-20/h4-9,13,15H,3,10-12,14H2,1-2H3,(H,27,28)(H2,24,25,26). The van der Waals surface area contributed by atoms with Crippen molar-refractivity contribution in [1.29, 1.82) is 0 Å². The zero-order valence-electron chi connectivity index (χ0n) is 17.2. The van der Waals surface area contributed by atoms with Gasteiger partial charge in [0.1, 0.15) is 30.0 Å². The molecular weight excluding hydrogens is 387 g/mol.